The summed E-state index contributed by atoms with van der Waals surface area (Å²) in [7, 11) is 1.61. The van der Waals surface area contributed by atoms with Crippen LogP contribution in [0.1, 0.15) is 5.56 Å². The van der Waals surface area contributed by atoms with E-state index in [2.05, 4.69) is 4.98 Å². The summed E-state index contributed by atoms with van der Waals surface area (Å²) in [4.78, 5) is 4.47. The lowest BCUT2D eigenvalue weighted by atomic mass is 10.1. The largest absolute Gasteiger partial charge is 0.497 e. The van der Waals surface area contributed by atoms with E-state index in [1.54, 1.807) is 13.2 Å². The number of nitrogens with two attached hydrogens (primary N) is 1. The highest BCUT2D eigenvalue weighted by Gasteiger charge is 2.12. The normalized spacial score (nSPS) is 10.8. The van der Waals surface area contributed by atoms with Crippen molar-refractivity contribution in [2.24, 2.45) is 0 Å². The third-order valence-corrected chi connectivity index (χ3v) is 3.10. The van der Waals surface area contributed by atoms with Crippen LogP contribution >= 0.6 is 0 Å². The number of oxazole rings is 1. The Bertz CT molecular complexity index is 747. The van der Waals surface area contributed by atoms with Gasteiger partial charge >= 0.3 is 0 Å². The summed E-state index contributed by atoms with van der Waals surface area (Å²) in [5.41, 5.74) is 10.1. The lowest BCUT2D eigenvalue weighted by Gasteiger charge is -2.04. The van der Waals surface area contributed by atoms with Crippen molar-refractivity contribution in [1.82, 2.24) is 4.98 Å². The minimum atomic E-state index is 0.532. The van der Waals surface area contributed by atoms with Gasteiger partial charge in [-0.05, 0) is 30.7 Å². The Morgan fingerprint density at radius 2 is 2.05 bits per heavy atom. The maximum Gasteiger partial charge on any atom is 0.229 e. The van der Waals surface area contributed by atoms with E-state index in [1.165, 1.54) is 0 Å². The van der Waals surface area contributed by atoms with Crippen molar-refractivity contribution in [3.63, 3.8) is 0 Å². The van der Waals surface area contributed by atoms with Crippen LogP contribution in [-0.4, -0.2) is 12.1 Å². The van der Waals surface area contributed by atoms with E-state index in [0.29, 0.717) is 17.3 Å². The van der Waals surface area contributed by atoms with E-state index in [4.69, 9.17) is 14.9 Å². The standard InChI is InChI=1S/C15H14N2O2/c1-9-4-3-5-13-14(9)19-15(17-13)11-7-6-10(18-2)8-12(11)16/h3-8H,16H2,1-2H3. The van der Waals surface area contributed by atoms with Crippen molar-refractivity contribution in [1.29, 1.82) is 0 Å². The summed E-state index contributed by atoms with van der Waals surface area (Å²) < 4.78 is 10.9. The van der Waals surface area contributed by atoms with Crippen molar-refractivity contribution in [3.8, 4) is 17.2 Å². The number of ether oxygens (including phenoxy) is 1. The zero-order valence-corrected chi connectivity index (χ0v) is 10.8. The SMILES string of the molecule is COc1ccc(-c2nc3cccc(C)c3o2)c(N)c1. The fourth-order valence-electron chi connectivity index (χ4n) is 2.06. The van der Waals surface area contributed by atoms with Crippen LogP contribution in [0.3, 0.4) is 0 Å². The van der Waals surface area contributed by atoms with Gasteiger partial charge in [0, 0.05) is 11.8 Å². The number of hydrogen-bond donors (Lipinski definition) is 1. The molecular weight excluding hydrogens is 240 g/mol. The fourth-order valence-corrected chi connectivity index (χ4v) is 2.06. The molecule has 3 aromatic rings. The average Bonchev–Trinajstić information content (AvgIpc) is 2.83. The van der Waals surface area contributed by atoms with Crippen LogP contribution in [-0.2, 0) is 0 Å². The first-order valence-electron chi connectivity index (χ1n) is 5.99. The van der Waals surface area contributed by atoms with Gasteiger partial charge in [-0.25, -0.2) is 4.98 Å². The Morgan fingerprint density at radius 1 is 1.21 bits per heavy atom. The molecule has 0 radical (unpaired) electrons. The molecule has 0 amide bonds. The van der Waals surface area contributed by atoms with Gasteiger partial charge in [-0.1, -0.05) is 12.1 Å². The van der Waals surface area contributed by atoms with Crippen molar-refractivity contribution in [3.05, 3.63) is 42.0 Å². The molecule has 19 heavy (non-hydrogen) atoms. The first-order valence-corrected chi connectivity index (χ1v) is 5.99. The minimum absolute atomic E-state index is 0.532. The number of nitrogen functional groups attached to an aromatic ring is 1. The summed E-state index contributed by atoms with van der Waals surface area (Å²) in [6, 6.07) is 11.3. The highest BCUT2D eigenvalue weighted by Crippen LogP contribution is 2.31. The summed E-state index contributed by atoms with van der Waals surface area (Å²) in [6.45, 7) is 1.99. The molecule has 2 N–H and O–H groups in total. The molecule has 4 nitrogen and oxygen atoms in total. The number of hydrogen-bond acceptors (Lipinski definition) is 4. The number of para-hydroxylation sites is 1. The zero-order chi connectivity index (χ0) is 13.4. The van der Waals surface area contributed by atoms with Gasteiger partial charge in [0.05, 0.1) is 12.7 Å². The van der Waals surface area contributed by atoms with Crippen LogP contribution in [0, 0.1) is 6.92 Å². The van der Waals surface area contributed by atoms with Gasteiger partial charge in [-0.2, -0.15) is 0 Å². The van der Waals surface area contributed by atoms with Gasteiger partial charge in [-0.3, -0.25) is 0 Å². The predicted octanol–water partition coefficient (Wildman–Crippen LogP) is 3.39. The molecule has 0 spiro atoms. The number of benzene rings is 2. The lowest BCUT2D eigenvalue weighted by Crippen LogP contribution is -1.92. The van der Waals surface area contributed by atoms with Crippen molar-refractivity contribution >= 4 is 16.8 Å². The Labute approximate surface area is 110 Å². The predicted molar refractivity (Wildman–Crippen MR) is 75.1 cm³/mol. The molecule has 0 aliphatic carbocycles. The van der Waals surface area contributed by atoms with Gasteiger partial charge in [-0.15, -0.1) is 0 Å². The molecule has 3 rings (SSSR count). The van der Waals surface area contributed by atoms with Crippen LogP contribution < -0.4 is 10.5 Å². The average molecular weight is 254 g/mol. The maximum atomic E-state index is 6.01. The van der Waals surface area contributed by atoms with Crippen LogP contribution in [0.25, 0.3) is 22.6 Å². The summed E-state index contributed by atoms with van der Waals surface area (Å²) in [5, 5.41) is 0. The van der Waals surface area contributed by atoms with E-state index in [0.717, 1.165) is 22.2 Å². The molecule has 4 heteroatoms. The molecule has 0 saturated carbocycles. The second-order valence-electron chi connectivity index (χ2n) is 4.40. The molecule has 0 bridgehead atoms. The van der Waals surface area contributed by atoms with Gasteiger partial charge in [0.25, 0.3) is 0 Å². The Morgan fingerprint density at radius 3 is 2.74 bits per heavy atom. The van der Waals surface area contributed by atoms with Gasteiger partial charge in [0.15, 0.2) is 5.58 Å². The van der Waals surface area contributed by atoms with Gasteiger partial charge in [0.2, 0.25) is 5.89 Å². The number of anilines is 1. The first kappa shape index (κ1) is 11.6. The maximum absolute atomic E-state index is 6.01. The number of methoxy groups -OCH3 is 1. The highest BCUT2D eigenvalue weighted by molar-refractivity contribution is 5.81. The molecular formula is C15H14N2O2. The van der Waals surface area contributed by atoms with Crippen LogP contribution in [0.4, 0.5) is 5.69 Å². The van der Waals surface area contributed by atoms with E-state index in [9.17, 15) is 0 Å². The minimum Gasteiger partial charge on any atom is -0.497 e. The lowest BCUT2D eigenvalue weighted by molar-refractivity contribution is 0.415. The molecule has 2 aromatic carbocycles. The van der Waals surface area contributed by atoms with Crippen LogP contribution in [0.2, 0.25) is 0 Å². The second kappa shape index (κ2) is 4.31. The molecule has 0 saturated heterocycles. The topological polar surface area (TPSA) is 61.3 Å². The van der Waals surface area contributed by atoms with E-state index < -0.39 is 0 Å². The molecule has 0 unspecified atom stereocenters. The van der Waals surface area contributed by atoms with E-state index in [1.807, 2.05) is 37.3 Å². The van der Waals surface area contributed by atoms with Gasteiger partial charge in [0.1, 0.15) is 11.3 Å². The Kier molecular flexibility index (Phi) is 2.63. The summed E-state index contributed by atoms with van der Waals surface area (Å²) >= 11 is 0. The van der Waals surface area contributed by atoms with Crippen molar-refractivity contribution in [2.45, 2.75) is 6.92 Å². The summed E-state index contributed by atoms with van der Waals surface area (Å²) in [6.07, 6.45) is 0. The fraction of sp³-hybridized carbons (Fsp3) is 0.133. The van der Waals surface area contributed by atoms with Crippen LogP contribution in [0.5, 0.6) is 5.75 Å². The molecule has 0 atom stereocenters. The third-order valence-electron chi connectivity index (χ3n) is 3.10. The first-order chi connectivity index (χ1) is 9.19. The highest BCUT2D eigenvalue weighted by atomic mass is 16.5. The summed E-state index contributed by atoms with van der Waals surface area (Å²) in [5.74, 6) is 1.25. The Balaban J connectivity index is 2.16. The third kappa shape index (κ3) is 1.91. The van der Waals surface area contributed by atoms with E-state index >= 15 is 0 Å². The van der Waals surface area contributed by atoms with Crippen molar-refractivity contribution in [2.75, 3.05) is 12.8 Å². The zero-order valence-electron chi connectivity index (χ0n) is 10.8. The smallest absolute Gasteiger partial charge is 0.229 e. The molecule has 0 aliphatic heterocycles. The molecule has 1 aromatic heterocycles. The number of aromatic nitrogens is 1. The molecule has 0 fully saturated rings. The molecule has 0 aliphatic rings. The molecule has 96 valence electrons. The Hall–Kier alpha value is -2.49. The number of aryl methyl sites for hydroxylation is 1. The van der Waals surface area contributed by atoms with Crippen LogP contribution in [0.15, 0.2) is 40.8 Å². The van der Waals surface area contributed by atoms with E-state index in [-0.39, 0.29) is 0 Å². The quantitative estimate of drug-likeness (QED) is 0.712. The monoisotopic (exact) mass is 254 g/mol. The number of nitrogens with zero attached hydrogens (tertiary/aromatic N) is 1. The second-order valence-corrected chi connectivity index (χ2v) is 4.40. The van der Waals surface area contributed by atoms with Crippen molar-refractivity contribution < 1.29 is 9.15 Å². The number of rotatable bonds is 2. The number of fused-ring (bicyclic) bond motifs is 1. The molecule has 1 heterocycles. The van der Waals surface area contributed by atoms with Gasteiger partial charge < -0.3 is 14.9 Å².